The molecule has 5 aromatic rings. The molecule has 1 aliphatic heterocycles. The number of methoxy groups -OCH3 is 1. The number of pyridine rings is 2. The number of carboxylic acids is 1. The number of halogens is 3. The van der Waals surface area contributed by atoms with Crippen molar-refractivity contribution in [2.45, 2.75) is 70.7 Å². The Bertz CT molecular complexity index is 2170. The van der Waals surface area contributed by atoms with E-state index in [4.69, 9.17) is 21.3 Å². The Morgan fingerprint density at radius 3 is 2.50 bits per heavy atom. The van der Waals surface area contributed by atoms with Gasteiger partial charge in [-0.05, 0) is 73.9 Å². The number of carboxylic acid groups (broad SMARTS) is 1. The molecule has 0 radical (unpaired) electrons. The van der Waals surface area contributed by atoms with Crippen molar-refractivity contribution in [3.63, 3.8) is 0 Å². The lowest BCUT2D eigenvalue weighted by Crippen LogP contribution is -2.34. The van der Waals surface area contributed by atoms with Gasteiger partial charge in [0, 0.05) is 60.8 Å². The van der Waals surface area contributed by atoms with E-state index in [0.29, 0.717) is 77.8 Å². The molecule has 11 nitrogen and oxygen atoms in total. The van der Waals surface area contributed by atoms with Crippen LogP contribution >= 0.6 is 11.6 Å². The molecule has 282 valence electrons. The van der Waals surface area contributed by atoms with E-state index in [2.05, 4.69) is 30.5 Å². The fraction of sp³-hybridized carbons (Fsp3) is 0.375. The van der Waals surface area contributed by atoms with Gasteiger partial charge in [-0.15, -0.1) is 0 Å². The number of aliphatic hydroxyl groups excluding tert-OH is 1. The Labute approximate surface area is 316 Å². The summed E-state index contributed by atoms with van der Waals surface area (Å²) in [6.45, 7) is 4.28. The Balaban J connectivity index is 1.13. The van der Waals surface area contributed by atoms with Gasteiger partial charge >= 0.3 is 5.97 Å². The van der Waals surface area contributed by atoms with Crippen LogP contribution in [-0.2, 0) is 17.9 Å². The predicted molar refractivity (Wildman–Crippen MR) is 203 cm³/mol. The minimum absolute atomic E-state index is 0.164. The van der Waals surface area contributed by atoms with Gasteiger partial charge < -0.3 is 25.6 Å². The first-order chi connectivity index (χ1) is 26.1. The third-order valence-corrected chi connectivity index (χ3v) is 10.8. The molecule has 7 rings (SSSR count). The Hall–Kier alpha value is -4.82. The van der Waals surface area contributed by atoms with Crippen molar-refractivity contribution in [1.29, 1.82) is 0 Å². The molecule has 2 aromatic carbocycles. The van der Waals surface area contributed by atoms with Crippen LogP contribution in [0.2, 0.25) is 5.02 Å². The molecule has 0 amide bonds. The summed E-state index contributed by atoms with van der Waals surface area (Å²) >= 11 is 7.13. The highest BCUT2D eigenvalue weighted by molar-refractivity contribution is 6.36. The van der Waals surface area contributed by atoms with Gasteiger partial charge in [0.05, 0.1) is 35.4 Å². The number of carbonyl (C=O) groups is 1. The SMILES string of the molecule is COc1nc(-c2cccc(-c3cccc(Nc4nc(C(F)F)nc5cc(CN6CC[C@@H](O)C6)cnc45)c3C)c2Cl)ccc1CNC1CCC(C(=O)O)CC1. The Kier molecular flexibility index (Phi) is 11.3. The number of aliphatic carboxylic acids is 1. The van der Waals surface area contributed by atoms with Crippen LogP contribution in [0.25, 0.3) is 33.4 Å². The van der Waals surface area contributed by atoms with Crippen molar-refractivity contribution in [1.82, 2.24) is 30.2 Å². The van der Waals surface area contributed by atoms with Gasteiger partial charge in [0.25, 0.3) is 6.43 Å². The van der Waals surface area contributed by atoms with Crippen LogP contribution in [0, 0.1) is 12.8 Å². The molecule has 1 atom stereocenters. The number of aliphatic hydroxyl groups is 1. The molecule has 3 aromatic heterocycles. The van der Waals surface area contributed by atoms with E-state index in [0.717, 1.165) is 47.2 Å². The normalized spacial score (nSPS) is 19.1. The van der Waals surface area contributed by atoms with Crippen molar-refractivity contribution < 1.29 is 28.5 Å². The Morgan fingerprint density at radius 2 is 1.78 bits per heavy atom. The van der Waals surface area contributed by atoms with Gasteiger partial charge in [0.15, 0.2) is 11.6 Å². The second-order valence-electron chi connectivity index (χ2n) is 14.0. The average Bonchev–Trinajstić information content (AvgIpc) is 3.58. The van der Waals surface area contributed by atoms with Crippen molar-refractivity contribution in [2.24, 2.45) is 5.92 Å². The number of rotatable bonds is 12. The topological polar surface area (TPSA) is 146 Å². The van der Waals surface area contributed by atoms with Crippen LogP contribution in [-0.4, -0.2) is 73.4 Å². The van der Waals surface area contributed by atoms with Crippen molar-refractivity contribution >= 4 is 40.1 Å². The van der Waals surface area contributed by atoms with Crippen LogP contribution in [0.15, 0.2) is 60.8 Å². The predicted octanol–water partition coefficient (Wildman–Crippen LogP) is 7.71. The molecule has 54 heavy (non-hydrogen) atoms. The number of hydrogen-bond donors (Lipinski definition) is 4. The second-order valence-corrected chi connectivity index (χ2v) is 14.4. The number of fused-ring (bicyclic) bond motifs is 1. The second kappa shape index (κ2) is 16.3. The fourth-order valence-corrected chi connectivity index (χ4v) is 7.75. The number of nitrogens with zero attached hydrogens (tertiary/aromatic N) is 5. The molecule has 1 saturated carbocycles. The molecular formula is C40H42ClF2N7O4. The number of ether oxygens (including phenoxy) is 1. The number of anilines is 2. The van der Waals surface area contributed by atoms with E-state index in [9.17, 15) is 23.8 Å². The molecule has 4 N–H and O–H groups in total. The maximum atomic E-state index is 14.0. The summed E-state index contributed by atoms with van der Waals surface area (Å²) in [6.07, 6.45) is 2.07. The number of hydrogen-bond acceptors (Lipinski definition) is 10. The highest BCUT2D eigenvalue weighted by Gasteiger charge is 2.26. The van der Waals surface area contributed by atoms with Crippen LogP contribution in [0.4, 0.5) is 20.3 Å². The summed E-state index contributed by atoms with van der Waals surface area (Å²) in [5.74, 6) is -0.953. The van der Waals surface area contributed by atoms with E-state index in [1.54, 1.807) is 19.4 Å². The molecule has 0 bridgehead atoms. The minimum atomic E-state index is -2.88. The lowest BCUT2D eigenvalue weighted by atomic mass is 9.86. The van der Waals surface area contributed by atoms with Gasteiger partial charge in [-0.3, -0.25) is 14.7 Å². The zero-order chi connectivity index (χ0) is 37.9. The average molecular weight is 758 g/mol. The van der Waals surface area contributed by atoms with Gasteiger partial charge in [0.2, 0.25) is 5.88 Å². The summed E-state index contributed by atoms with van der Waals surface area (Å²) < 4.78 is 33.8. The monoisotopic (exact) mass is 757 g/mol. The number of aromatic nitrogens is 4. The van der Waals surface area contributed by atoms with Crippen LogP contribution in [0.3, 0.4) is 0 Å². The first-order valence-corrected chi connectivity index (χ1v) is 18.5. The molecule has 1 saturated heterocycles. The molecular weight excluding hydrogens is 716 g/mol. The summed E-state index contributed by atoms with van der Waals surface area (Å²) in [6, 6.07) is 17.2. The van der Waals surface area contributed by atoms with Crippen LogP contribution in [0.1, 0.15) is 61.0 Å². The molecule has 2 aliphatic rings. The van der Waals surface area contributed by atoms with Gasteiger partial charge in [0.1, 0.15) is 5.52 Å². The van der Waals surface area contributed by atoms with Crippen molar-refractivity contribution in [3.05, 3.63) is 88.3 Å². The van der Waals surface area contributed by atoms with E-state index >= 15 is 0 Å². The molecule has 4 heterocycles. The van der Waals surface area contributed by atoms with Crippen molar-refractivity contribution in [3.8, 4) is 28.3 Å². The largest absolute Gasteiger partial charge is 0.481 e. The van der Waals surface area contributed by atoms with Gasteiger partial charge in [-0.2, -0.15) is 0 Å². The third kappa shape index (κ3) is 8.14. The van der Waals surface area contributed by atoms with E-state index < -0.39 is 18.2 Å². The number of benzene rings is 2. The number of nitrogens with one attached hydrogen (secondary N) is 2. The van der Waals surface area contributed by atoms with Crippen molar-refractivity contribution in [2.75, 3.05) is 25.5 Å². The summed E-state index contributed by atoms with van der Waals surface area (Å²) in [4.78, 5) is 31.1. The number of β-amino-alcohol motifs (C(OH)–C–C–N with tert-alkyl or cyclic N) is 1. The molecule has 0 unspecified atom stereocenters. The lowest BCUT2D eigenvalue weighted by molar-refractivity contribution is -0.142. The smallest absolute Gasteiger partial charge is 0.306 e. The molecule has 14 heteroatoms. The maximum Gasteiger partial charge on any atom is 0.306 e. The molecule has 0 spiro atoms. The summed E-state index contributed by atoms with van der Waals surface area (Å²) in [5, 5.41) is 26.5. The highest BCUT2D eigenvalue weighted by atomic mass is 35.5. The third-order valence-electron chi connectivity index (χ3n) is 10.4. The van der Waals surface area contributed by atoms with Gasteiger partial charge in [-0.1, -0.05) is 48.0 Å². The van der Waals surface area contributed by atoms with Gasteiger partial charge in [-0.25, -0.2) is 23.7 Å². The zero-order valence-corrected chi connectivity index (χ0v) is 30.8. The Morgan fingerprint density at radius 1 is 1.02 bits per heavy atom. The minimum Gasteiger partial charge on any atom is -0.481 e. The highest BCUT2D eigenvalue weighted by Crippen LogP contribution is 2.40. The maximum absolute atomic E-state index is 14.0. The quantitative estimate of drug-likeness (QED) is 0.0993. The summed E-state index contributed by atoms with van der Waals surface area (Å²) in [5.41, 5.74) is 6.74. The molecule has 2 fully saturated rings. The van der Waals surface area contributed by atoms with Crippen LogP contribution < -0.4 is 15.4 Å². The first kappa shape index (κ1) is 37.5. The number of alkyl halides is 2. The van der Waals surface area contributed by atoms with E-state index in [-0.39, 0.29) is 23.9 Å². The number of likely N-dealkylation sites (tertiary alicyclic amines) is 1. The van der Waals surface area contributed by atoms with E-state index in [1.807, 2.05) is 55.5 Å². The summed E-state index contributed by atoms with van der Waals surface area (Å²) in [7, 11) is 1.58. The molecule has 1 aliphatic carbocycles. The van der Waals surface area contributed by atoms with Crippen LogP contribution in [0.5, 0.6) is 5.88 Å². The first-order valence-electron chi connectivity index (χ1n) is 18.1. The lowest BCUT2D eigenvalue weighted by Gasteiger charge is -2.27. The zero-order valence-electron chi connectivity index (χ0n) is 30.0. The standard InChI is InChI=1S/C40H42ClF2N7O4/c1-22-28(5-4-8-31(22)46-37-35-33(47-38(49-37)36(42)43)17-23(18-45-35)20-50-16-15-27(51)21-50)29-6-3-7-30(34(29)41)32-14-11-25(39(48-32)54-2)19-44-26-12-9-24(10-13-26)40(52)53/h3-8,11,14,17-18,24,26-27,36,44,51H,9-10,12-13,15-16,19-21H2,1-2H3,(H,52,53)(H,46,47,49)/t24?,26?,27-/m1/s1. The van der Waals surface area contributed by atoms with E-state index in [1.165, 1.54) is 0 Å². The fourth-order valence-electron chi connectivity index (χ4n) is 7.42.